The van der Waals surface area contributed by atoms with Crippen LogP contribution in [0.5, 0.6) is 5.75 Å². The number of carbonyl (C=O) groups excluding carboxylic acids is 2. The van der Waals surface area contributed by atoms with Gasteiger partial charge in [0.2, 0.25) is 0 Å². The summed E-state index contributed by atoms with van der Waals surface area (Å²) in [6.45, 7) is 0.198. The lowest BCUT2D eigenvalue weighted by Crippen LogP contribution is -2.26. The number of nitro groups is 1. The molecule has 3 rings (SSSR count). The average molecular weight is 419 g/mol. The summed E-state index contributed by atoms with van der Waals surface area (Å²) in [7, 11) is 1.72. The van der Waals surface area contributed by atoms with Crippen LogP contribution in [-0.2, 0) is 11.3 Å². The quantitative estimate of drug-likeness (QED) is 0.441. The van der Waals surface area contributed by atoms with Crippen LogP contribution >= 0.6 is 0 Å². The number of rotatable bonds is 8. The zero-order valence-corrected chi connectivity index (χ0v) is 16.9. The van der Waals surface area contributed by atoms with Gasteiger partial charge in [0.25, 0.3) is 17.5 Å². The molecule has 31 heavy (non-hydrogen) atoms. The number of nitro benzene ring substituents is 1. The molecule has 0 saturated carbocycles. The molecule has 0 bridgehead atoms. The summed E-state index contributed by atoms with van der Waals surface area (Å²) < 4.78 is 5.35. The van der Waals surface area contributed by atoms with E-state index in [0.717, 1.165) is 5.56 Å². The molecule has 8 nitrogen and oxygen atoms in total. The van der Waals surface area contributed by atoms with Gasteiger partial charge >= 0.3 is 0 Å². The average Bonchev–Trinajstić information content (AvgIpc) is 2.78. The fourth-order valence-electron chi connectivity index (χ4n) is 2.89. The number of hydrogen-bond donors (Lipinski definition) is 1. The largest absolute Gasteiger partial charge is 0.484 e. The van der Waals surface area contributed by atoms with Crippen molar-refractivity contribution in [3.63, 3.8) is 0 Å². The van der Waals surface area contributed by atoms with Crippen LogP contribution in [0.2, 0.25) is 0 Å². The molecule has 8 heteroatoms. The van der Waals surface area contributed by atoms with Crippen LogP contribution in [0.1, 0.15) is 15.9 Å². The predicted molar refractivity (Wildman–Crippen MR) is 116 cm³/mol. The van der Waals surface area contributed by atoms with Crippen molar-refractivity contribution in [3.05, 3.63) is 100 Å². The Morgan fingerprint density at radius 1 is 1.00 bits per heavy atom. The number of nitrogens with zero attached hydrogens (tertiary/aromatic N) is 2. The SMILES string of the molecule is CN(Cc1ccccc1)C(=O)c1cccc(NC(=O)COc2ccc([N+](=O)[O-])cc2)c1. The molecule has 158 valence electrons. The minimum absolute atomic E-state index is 0.0597. The first kappa shape index (κ1) is 21.5. The highest BCUT2D eigenvalue weighted by molar-refractivity contribution is 5.97. The molecule has 0 spiro atoms. The normalized spacial score (nSPS) is 10.2. The van der Waals surface area contributed by atoms with E-state index in [9.17, 15) is 19.7 Å². The van der Waals surface area contributed by atoms with Crippen LogP contribution in [0.15, 0.2) is 78.9 Å². The number of amides is 2. The van der Waals surface area contributed by atoms with Gasteiger partial charge in [0.05, 0.1) is 4.92 Å². The van der Waals surface area contributed by atoms with Crippen molar-refractivity contribution in [1.29, 1.82) is 0 Å². The van der Waals surface area contributed by atoms with Gasteiger partial charge in [0, 0.05) is 37.0 Å². The first-order valence-electron chi connectivity index (χ1n) is 9.49. The first-order valence-corrected chi connectivity index (χ1v) is 9.49. The Labute approximate surface area is 179 Å². The van der Waals surface area contributed by atoms with Crippen molar-refractivity contribution in [2.75, 3.05) is 19.0 Å². The van der Waals surface area contributed by atoms with Gasteiger partial charge in [0.15, 0.2) is 6.61 Å². The van der Waals surface area contributed by atoms with Crippen LogP contribution in [-0.4, -0.2) is 35.3 Å². The van der Waals surface area contributed by atoms with E-state index in [1.807, 2.05) is 30.3 Å². The number of ether oxygens (including phenoxy) is 1. The third-order valence-corrected chi connectivity index (χ3v) is 4.42. The molecule has 0 radical (unpaired) electrons. The summed E-state index contributed by atoms with van der Waals surface area (Å²) in [6.07, 6.45) is 0. The second-order valence-electron chi connectivity index (χ2n) is 6.82. The number of benzene rings is 3. The van der Waals surface area contributed by atoms with Gasteiger partial charge in [-0.05, 0) is 35.9 Å². The minimum atomic E-state index is -0.512. The molecule has 0 aromatic heterocycles. The number of hydrogen-bond acceptors (Lipinski definition) is 5. The van der Waals surface area contributed by atoms with E-state index in [4.69, 9.17) is 4.74 Å². The van der Waals surface area contributed by atoms with E-state index in [2.05, 4.69) is 5.32 Å². The van der Waals surface area contributed by atoms with E-state index in [1.54, 1.807) is 36.2 Å². The van der Waals surface area contributed by atoms with Crippen molar-refractivity contribution in [3.8, 4) is 5.75 Å². The van der Waals surface area contributed by atoms with Crippen molar-refractivity contribution >= 4 is 23.2 Å². The Hall–Kier alpha value is -4.20. The fraction of sp³-hybridized carbons (Fsp3) is 0.130. The highest BCUT2D eigenvalue weighted by atomic mass is 16.6. The molecule has 0 unspecified atom stereocenters. The number of carbonyl (C=O) groups is 2. The van der Waals surface area contributed by atoms with E-state index in [1.165, 1.54) is 24.3 Å². The van der Waals surface area contributed by atoms with Crippen LogP contribution in [0.4, 0.5) is 11.4 Å². The molecule has 3 aromatic carbocycles. The Morgan fingerprint density at radius 2 is 1.71 bits per heavy atom. The van der Waals surface area contributed by atoms with Crippen LogP contribution < -0.4 is 10.1 Å². The molecule has 0 saturated heterocycles. The van der Waals surface area contributed by atoms with Gasteiger partial charge in [-0.2, -0.15) is 0 Å². The Morgan fingerprint density at radius 3 is 2.39 bits per heavy atom. The molecule has 0 aliphatic carbocycles. The zero-order chi connectivity index (χ0) is 22.2. The summed E-state index contributed by atoms with van der Waals surface area (Å²) in [5.41, 5.74) is 1.88. The maximum absolute atomic E-state index is 12.7. The molecule has 1 N–H and O–H groups in total. The molecule has 0 aliphatic rings. The van der Waals surface area contributed by atoms with Crippen LogP contribution in [0.3, 0.4) is 0 Å². The topological polar surface area (TPSA) is 102 Å². The van der Waals surface area contributed by atoms with Gasteiger partial charge in [-0.1, -0.05) is 36.4 Å². The molecule has 0 heterocycles. The molecule has 0 aliphatic heterocycles. The summed E-state index contributed by atoms with van der Waals surface area (Å²) in [4.78, 5) is 36.6. The van der Waals surface area contributed by atoms with Crippen molar-refractivity contribution in [2.45, 2.75) is 6.54 Å². The molecule has 0 atom stereocenters. The molecule has 3 aromatic rings. The number of anilines is 1. The van der Waals surface area contributed by atoms with Crippen molar-refractivity contribution < 1.29 is 19.2 Å². The van der Waals surface area contributed by atoms with E-state index in [-0.39, 0.29) is 18.2 Å². The van der Waals surface area contributed by atoms with Crippen LogP contribution in [0, 0.1) is 10.1 Å². The highest BCUT2D eigenvalue weighted by Gasteiger charge is 2.13. The molecule has 2 amide bonds. The second-order valence-corrected chi connectivity index (χ2v) is 6.82. The number of nitrogens with one attached hydrogen (secondary N) is 1. The molecular formula is C23H21N3O5. The lowest BCUT2D eigenvalue weighted by atomic mass is 10.1. The monoisotopic (exact) mass is 419 g/mol. The highest BCUT2D eigenvalue weighted by Crippen LogP contribution is 2.18. The standard InChI is InChI=1S/C23H21N3O5/c1-25(15-17-6-3-2-4-7-17)23(28)18-8-5-9-19(14-18)24-22(27)16-31-21-12-10-20(11-13-21)26(29)30/h2-14H,15-16H2,1H3,(H,24,27). The van der Waals surface area contributed by atoms with Gasteiger partial charge in [0.1, 0.15) is 5.75 Å². The maximum Gasteiger partial charge on any atom is 0.269 e. The third kappa shape index (κ3) is 6.14. The Kier molecular flexibility index (Phi) is 6.95. The van der Waals surface area contributed by atoms with Crippen LogP contribution in [0.25, 0.3) is 0 Å². The van der Waals surface area contributed by atoms with E-state index in [0.29, 0.717) is 23.5 Å². The first-order chi connectivity index (χ1) is 14.9. The zero-order valence-electron chi connectivity index (χ0n) is 16.9. The van der Waals surface area contributed by atoms with Crippen molar-refractivity contribution in [1.82, 2.24) is 4.90 Å². The Bertz CT molecular complexity index is 1070. The van der Waals surface area contributed by atoms with Gasteiger partial charge in [-0.15, -0.1) is 0 Å². The summed E-state index contributed by atoms with van der Waals surface area (Å²) in [5, 5.41) is 13.3. The van der Waals surface area contributed by atoms with E-state index < -0.39 is 10.8 Å². The lowest BCUT2D eigenvalue weighted by Gasteiger charge is -2.18. The summed E-state index contributed by atoms with van der Waals surface area (Å²) in [6, 6.07) is 21.8. The van der Waals surface area contributed by atoms with Gasteiger partial charge < -0.3 is 15.0 Å². The number of non-ortho nitro benzene ring substituents is 1. The third-order valence-electron chi connectivity index (χ3n) is 4.42. The lowest BCUT2D eigenvalue weighted by molar-refractivity contribution is -0.384. The van der Waals surface area contributed by atoms with Crippen molar-refractivity contribution in [2.24, 2.45) is 0 Å². The summed E-state index contributed by atoms with van der Waals surface area (Å²) in [5.74, 6) is -0.241. The Balaban J connectivity index is 1.56. The van der Waals surface area contributed by atoms with Gasteiger partial charge in [-0.3, -0.25) is 19.7 Å². The summed E-state index contributed by atoms with van der Waals surface area (Å²) >= 11 is 0. The van der Waals surface area contributed by atoms with Gasteiger partial charge in [-0.25, -0.2) is 0 Å². The molecule has 0 fully saturated rings. The second kappa shape index (κ2) is 10.0. The van der Waals surface area contributed by atoms with E-state index >= 15 is 0 Å². The maximum atomic E-state index is 12.7. The smallest absolute Gasteiger partial charge is 0.269 e. The predicted octanol–water partition coefficient (Wildman–Crippen LogP) is 3.88. The fourth-order valence-corrected chi connectivity index (χ4v) is 2.89. The molecular weight excluding hydrogens is 398 g/mol. The minimum Gasteiger partial charge on any atom is -0.484 e.